The van der Waals surface area contributed by atoms with Gasteiger partial charge in [-0.3, -0.25) is 0 Å². The standard InChI is InChI=1S/C9H15N/c1-4-7(2)9(3,10)8-5-6-8/h4-6,8H,10H2,1-3H3/b7-4+. The SMILES string of the molecule is C/C=C(\C)C(C)(N)C1C=C1. The first kappa shape index (κ1) is 7.55. The molecule has 0 fully saturated rings. The van der Waals surface area contributed by atoms with Gasteiger partial charge < -0.3 is 5.73 Å². The number of allylic oxidation sites excluding steroid dienone is 1. The molecule has 0 aliphatic heterocycles. The number of hydrogen-bond donors (Lipinski definition) is 1. The highest BCUT2D eigenvalue weighted by Crippen LogP contribution is 2.32. The van der Waals surface area contributed by atoms with Gasteiger partial charge >= 0.3 is 0 Å². The lowest BCUT2D eigenvalue weighted by Gasteiger charge is -2.25. The zero-order chi connectivity index (χ0) is 7.78. The van der Waals surface area contributed by atoms with Gasteiger partial charge in [-0.25, -0.2) is 0 Å². The molecule has 1 atom stereocenters. The van der Waals surface area contributed by atoms with E-state index in [0.29, 0.717) is 5.92 Å². The topological polar surface area (TPSA) is 26.0 Å². The molecule has 10 heavy (non-hydrogen) atoms. The first-order valence-electron chi connectivity index (χ1n) is 3.69. The summed E-state index contributed by atoms with van der Waals surface area (Å²) in [5.74, 6) is 0.503. The molecule has 2 N–H and O–H groups in total. The van der Waals surface area contributed by atoms with Crippen LogP contribution in [0.4, 0.5) is 0 Å². The van der Waals surface area contributed by atoms with Crippen molar-refractivity contribution in [3.05, 3.63) is 23.8 Å². The van der Waals surface area contributed by atoms with Crippen LogP contribution in [0.5, 0.6) is 0 Å². The third kappa shape index (κ3) is 1.14. The lowest BCUT2D eigenvalue weighted by Crippen LogP contribution is -2.40. The molecule has 0 aromatic carbocycles. The van der Waals surface area contributed by atoms with Gasteiger partial charge in [-0.15, -0.1) is 0 Å². The van der Waals surface area contributed by atoms with Gasteiger partial charge in [-0.1, -0.05) is 23.8 Å². The second kappa shape index (κ2) is 2.24. The molecule has 0 aromatic heterocycles. The van der Waals surface area contributed by atoms with E-state index in [-0.39, 0.29) is 5.54 Å². The van der Waals surface area contributed by atoms with Crippen molar-refractivity contribution < 1.29 is 0 Å². The highest BCUT2D eigenvalue weighted by Gasteiger charge is 2.33. The summed E-state index contributed by atoms with van der Waals surface area (Å²) in [6, 6.07) is 0. The number of hydrogen-bond acceptors (Lipinski definition) is 1. The molecule has 1 heteroatoms. The summed E-state index contributed by atoms with van der Waals surface area (Å²) < 4.78 is 0. The number of nitrogens with two attached hydrogens (primary N) is 1. The van der Waals surface area contributed by atoms with E-state index in [2.05, 4.69) is 32.1 Å². The van der Waals surface area contributed by atoms with Crippen LogP contribution in [-0.4, -0.2) is 5.54 Å². The fraction of sp³-hybridized carbons (Fsp3) is 0.556. The van der Waals surface area contributed by atoms with Gasteiger partial charge in [0.1, 0.15) is 0 Å². The second-order valence-corrected chi connectivity index (χ2v) is 3.17. The monoisotopic (exact) mass is 137 g/mol. The van der Waals surface area contributed by atoms with Crippen molar-refractivity contribution in [3.8, 4) is 0 Å². The van der Waals surface area contributed by atoms with Gasteiger partial charge in [0.05, 0.1) is 0 Å². The Labute approximate surface area is 62.6 Å². The first-order valence-corrected chi connectivity index (χ1v) is 3.69. The molecule has 1 nitrogen and oxygen atoms in total. The molecule has 0 bridgehead atoms. The van der Waals surface area contributed by atoms with Crippen LogP contribution in [0.3, 0.4) is 0 Å². The summed E-state index contributed by atoms with van der Waals surface area (Å²) in [4.78, 5) is 0. The Morgan fingerprint density at radius 2 is 2.10 bits per heavy atom. The van der Waals surface area contributed by atoms with E-state index in [1.165, 1.54) is 5.57 Å². The number of rotatable bonds is 2. The van der Waals surface area contributed by atoms with E-state index < -0.39 is 0 Å². The van der Waals surface area contributed by atoms with Gasteiger partial charge in [0.2, 0.25) is 0 Å². The minimum absolute atomic E-state index is 0.130. The molecule has 0 aromatic rings. The maximum absolute atomic E-state index is 6.05. The first-order chi connectivity index (χ1) is 4.59. The van der Waals surface area contributed by atoms with Crippen LogP contribution in [-0.2, 0) is 0 Å². The van der Waals surface area contributed by atoms with Crippen LogP contribution in [0.15, 0.2) is 23.8 Å². The van der Waals surface area contributed by atoms with Gasteiger partial charge in [-0.2, -0.15) is 0 Å². The van der Waals surface area contributed by atoms with Crippen LogP contribution in [0.2, 0.25) is 0 Å². The molecule has 0 spiro atoms. The molecule has 1 rings (SSSR count). The van der Waals surface area contributed by atoms with Gasteiger partial charge in [-0.05, 0) is 20.8 Å². The normalized spacial score (nSPS) is 24.6. The largest absolute Gasteiger partial charge is 0.321 e. The van der Waals surface area contributed by atoms with Crippen LogP contribution in [0.1, 0.15) is 20.8 Å². The minimum Gasteiger partial charge on any atom is -0.321 e. The zero-order valence-electron chi connectivity index (χ0n) is 6.89. The Kier molecular flexibility index (Phi) is 1.69. The lowest BCUT2D eigenvalue weighted by atomic mass is 9.88. The highest BCUT2D eigenvalue weighted by atomic mass is 14.8. The average molecular weight is 137 g/mol. The van der Waals surface area contributed by atoms with Crippen LogP contribution < -0.4 is 5.73 Å². The Bertz CT molecular complexity index is 181. The van der Waals surface area contributed by atoms with Gasteiger partial charge in [0.25, 0.3) is 0 Å². The molecular weight excluding hydrogens is 122 g/mol. The van der Waals surface area contributed by atoms with Gasteiger partial charge in [0, 0.05) is 11.5 Å². The molecule has 1 aliphatic carbocycles. The average Bonchev–Trinajstić information content (AvgIpc) is 2.66. The van der Waals surface area contributed by atoms with Crippen molar-refractivity contribution in [3.63, 3.8) is 0 Å². The molecule has 0 heterocycles. The summed E-state index contributed by atoms with van der Waals surface area (Å²) in [6.07, 6.45) is 6.38. The predicted octanol–water partition coefficient (Wildman–Crippen LogP) is 1.86. The highest BCUT2D eigenvalue weighted by molar-refractivity contribution is 5.31. The maximum atomic E-state index is 6.05. The molecule has 0 saturated heterocycles. The van der Waals surface area contributed by atoms with Crippen LogP contribution >= 0.6 is 0 Å². The third-order valence-corrected chi connectivity index (χ3v) is 2.36. The van der Waals surface area contributed by atoms with E-state index in [4.69, 9.17) is 5.73 Å². The Morgan fingerprint density at radius 1 is 1.60 bits per heavy atom. The zero-order valence-corrected chi connectivity index (χ0v) is 6.89. The Morgan fingerprint density at radius 3 is 2.40 bits per heavy atom. The molecule has 56 valence electrons. The Hall–Kier alpha value is -0.560. The summed E-state index contributed by atoms with van der Waals surface area (Å²) in [7, 11) is 0. The van der Waals surface area contributed by atoms with E-state index in [1.807, 2.05) is 6.92 Å². The quantitative estimate of drug-likeness (QED) is 0.577. The van der Waals surface area contributed by atoms with Crippen LogP contribution in [0.25, 0.3) is 0 Å². The maximum Gasteiger partial charge on any atom is 0.0436 e. The van der Waals surface area contributed by atoms with Gasteiger partial charge in [0.15, 0.2) is 0 Å². The molecule has 1 aliphatic rings. The minimum atomic E-state index is -0.130. The van der Waals surface area contributed by atoms with Crippen LogP contribution in [0, 0.1) is 5.92 Å². The van der Waals surface area contributed by atoms with Crippen molar-refractivity contribution in [2.75, 3.05) is 0 Å². The van der Waals surface area contributed by atoms with Crippen molar-refractivity contribution in [1.82, 2.24) is 0 Å². The molecule has 0 saturated carbocycles. The van der Waals surface area contributed by atoms with E-state index in [1.54, 1.807) is 0 Å². The molecule has 1 unspecified atom stereocenters. The molecular formula is C9H15N. The second-order valence-electron chi connectivity index (χ2n) is 3.17. The summed E-state index contributed by atoms with van der Waals surface area (Å²) in [5.41, 5.74) is 7.18. The van der Waals surface area contributed by atoms with Crippen molar-refractivity contribution in [1.29, 1.82) is 0 Å². The summed E-state index contributed by atoms with van der Waals surface area (Å²) in [5, 5.41) is 0. The van der Waals surface area contributed by atoms with E-state index in [0.717, 1.165) is 0 Å². The smallest absolute Gasteiger partial charge is 0.0436 e. The van der Waals surface area contributed by atoms with Crippen molar-refractivity contribution in [2.45, 2.75) is 26.3 Å². The van der Waals surface area contributed by atoms with E-state index in [9.17, 15) is 0 Å². The third-order valence-electron chi connectivity index (χ3n) is 2.36. The summed E-state index contributed by atoms with van der Waals surface area (Å²) in [6.45, 7) is 6.19. The summed E-state index contributed by atoms with van der Waals surface area (Å²) >= 11 is 0. The molecule has 0 amide bonds. The van der Waals surface area contributed by atoms with E-state index >= 15 is 0 Å². The van der Waals surface area contributed by atoms with Crippen molar-refractivity contribution >= 4 is 0 Å². The lowest BCUT2D eigenvalue weighted by molar-refractivity contribution is 0.508. The predicted molar refractivity (Wildman–Crippen MR) is 44.7 cm³/mol. The fourth-order valence-electron chi connectivity index (χ4n) is 1.03. The fourth-order valence-corrected chi connectivity index (χ4v) is 1.03. The Balaban J connectivity index is 2.66. The molecule has 0 radical (unpaired) electrons. The van der Waals surface area contributed by atoms with Crippen molar-refractivity contribution in [2.24, 2.45) is 11.7 Å².